The van der Waals surface area contributed by atoms with E-state index in [4.69, 9.17) is 4.74 Å². The first-order valence-electron chi connectivity index (χ1n) is 7.43. The van der Waals surface area contributed by atoms with Gasteiger partial charge in [0.25, 0.3) is 0 Å². The Balaban J connectivity index is 1.53. The molecule has 0 aromatic rings. The Hall–Kier alpha value is -0.610. The van der Waals surface area contributed by atoms with Crippen LogP contribution in [0.25, 0.3) is 0 Å². The lowest BCUT2D eigenvalue weighted by molar-refractivity contribution is -0.124. The molecule has 0 aromatic heterocycles. The molecule has 1 amide bonds. The molecule has 2 saturated heterocycles. The second-order valence-electron chi connectivity index (χ2n) is 5.52. The lowest BCUT2D eigenvalue weighted by Crippen LogP contribution is -2.33. The molecule has 4 heteroatoms. The normalized spacial score (nSPS) is 25.9. The maximum absolute atomic E-state index is 11.7. The monoisotopic (exact) mass is 254 g/mol. The lowest BCUT2D eigenvalue weighted by atomic mass is 9.95. The van der Waals surface area contributed by atoms with Gasteiger partial charge in [-0.2, -0.15) is 0 Å². The SMILES string of the molecule is O=C(CC1CCCCO1)NCCC1CCNCC1. The van der Waals surface area contributed by atoms with E-state index in [-0.39, 0.29) is 12.0 Å². The predicted molar refractivity (Wildman–Crippen MR) is 71.4 cm³/mol. The summed E-state index contributed by atoms with van der Waals surface area (Å²) in [5.74, 6) is 0.952. The number of amides is 1. The third kappa shape index (κ3) is 4.94. The van der Waals surface area contributed by atoms with Crippen molar-refractivity contribution < 1.29 is 9.53 Å². The van der Waals surface area contributed by atoms with Crippen LogP contribution in [-0.2, 0) is 9.53 Å². The summed E-state index contributed by atoms with van der Waals surface area (Å²) in [6.45, 7) is 3.92. The van der Waals surface area contributed by atoms with Crippen LogP contribution in [0.2, 0.25) is 0 Å². The largest absolute Gasteiger partial charge is 0.378 e. The molecule has 2 N–H and O–H groups in total. The molecule has 2 fully saturated rings. The highest BCUT2D eigenvalue weighted by Crippen LogP contribution is 2.16. The average molecular weight is 254 g/mol. The Morgan fingerprint density at radius 3 is 2.78 bits per heavy atom. The first-order chi connectivity index (χ1) is 8.84. The summed E-state index contributed by atoms with van der Waals surface area (Å²) < 4.78 is 5.58. The minimum Gasteiger partial charge on any atom is -0.378 e. The summed E-state index contributed by atoms with van der Waals surface area (Å²) in [5.41, 5.74) is 0. The number of carbonyl (C=O) groups is 1. The van der Waals surface area contributed by atoms with Gasteiger partial charge >= 0.3 is 0 Å². The zero-order valence-electron chi connectivity index (χ0n) is 11.2. The van der Waals surface area contributed by atoms with E-state index < -0.39 is 0 Å². The number of piperidine rings is 1. The van der Waals surface area contributed by atoms with Gasteiger partial charge in [0, 0.05) is 13.2 Å². The molecule has 104 valence electrons. The van der Waals surface area contributed by atoms with Gasteiger partial charge in [0.1, 0.15) is 0 Å². The van der Waals surface area contributed by atoms with Crippen molar-refractivity contribution in [1.29, 1.82) is 0 Å². The highest BCUT2D eigenvalue weighted by molar-refractivity contribution is 5.76. The summed E-state index contributed by atoms with van der Waals surface area (Å²) in [6.07, 6.45) is 7.73. The molecule has 4 nitrogen and oxygen atoms in total. The fourth-order valence-electron chi connectivity index (χ4n) is 2.83. The molecular weight excluding hydrogens is 228 g/mol. The van der Waals surface area contributed by atoms with Crippen molar-refractivity contribution >= 4 is 5.91 Å². The minimum absolute atomic E-state index is 0.163. The van der Waals surface area contributed by atoms with E-state index in [1.165, 1.54) is 19.3 Å². The quantitative estimate of drug-likeness (QED) is 0.781. The molecule has 0 aromatic carbocycles. The molecule has 0 spiro atoms. The van der Waals surface area contributed by atoms with Crippen molar-refractivity contribution in [3.8, 4) is 0 Å². The molecule has 2 aliphatic rings. The van der Waals surface area contributed by atoms with Gasteiger partial charge < -0.3 is 15.4 Å². The van der Waals surface area contributed by atoms with Crippen LogP contribution in [0.15, 0.2) is 0 Å². The predicted octanol–water partition coefficient (Wildman–Crippen LogP) is 1.45. The van der Waals surface area contributed by atoms with Gasteiger partial charge in [0.05, 0.1) is 12.5 Å². The molecule has 0 saturated carbocycles. The average Bonchev–Trinajstić information content (AvgIpc) is 2.41. The fraction of sp³-hybridized carbons (Fsp3) is 0.929. The standard InChI is InChI=1S/C14H26N2O2/c17-14(11-13-3-1-2-10-18-13)16-9-6-12-4-7-15-8-5-12/h12-13,15H,1-11H2,(H,16,17). The topological polar surface area (TPSA) is 50.4 Å². The molecule has 2 rings (SSSR count). The molecule has 1 unspecified atom stereocenters. The molecular formula is C14H26N2O2. The lowest BCUT2D eigenvalue weighted by Gasteiger charge is -2.23. The van der Waals surface area contributed by atoms with Crippen molar-refractivity contribution in [2.45, 2.75) is 51.0 Å². The molecule has 0 bridgehead atoms. The molecule has 18 heavy (non-hydrogen) atoms. The van der Waals surface area contributed by atoms with Crippen molar-refractivity contribution in [2.75, 3.05) is 26.2 Å². The maximum atomic E-state index is 11.7. The highest BCUT2D eigenvalue weighted by atomic mass is 16.5. The second kappa shape index (κ2) is 7.74. The fourth-order valence-corrected chi connectivity index (χ4v) is 2.83. The summed E-state index contributed by atoms with van der Waals surface area (Å²) in [4.78, 5) is 11.7. The Labute approximate surface area is 110 Å². The number of hydrogen-bond acceptors (Lipinski definition) is 3. The van der Waals surface area contributed by atoms with E-state index in [1.807, 2.05) is 0 Å². The van der Waals surface area contributed by atoms with E-state index in [1.54, 1.807) is 0 Å². The number of ether oxygens (including phenoxy) is 1. The summed E-state index contributed by atoms with van der Waals surface area (Å²) >= 11 is 0. The first-order valence-corrected chi connectivity index (χ1v) is 7.43. The van der Waals surface area contributed by atoms with Crippen LogP contribution in [0.5, 0.6) is 0 Å². The van der Waals surface area contributed by atoms with Gasteiger partial charge in [-0.15, -0.1) is 0 Å². The van der Waals surface area contributed by atoms with Crippen molar-refractivity contribution in [3.05, 3.63) is 0 Å². The van der Waals surface area contributed by atoms with Gasteiger partial charge in [-0.25, -0.2) is 0 Å². The summed E-state index contributed by atoms with van der Waals surface area (Å²) in [7, 11) is 0. The highest BCUT2D eigenvalue weighted by Gasteiger charge is 2.18. The molecule has 0 radical (unpaired) electrons. The zero-order valence-corrected chi connectivity index (χ0v) is 11.2. The Kier molecular flexibility index (Phi) is 5.94. The molecule has 2 aliphatic heterocycles. The maximum Gasteiger partial charge on any atom is 0.222 e. The molecule has 1 atom stereocenters. The summed E-state index contributed by atoms with van der Waals surface area (Å²) in [6, 6.07) is 0. The third-order valence-corrected chi connectivity index (χ3v) is 4.02. The number of rotatable bonds is 5. The second-order valence-corrected chi connectivity index (χ2v) is 5.52. The molecule has 2 heterocycles. The Morgan fingerprint density at radius 2 is 2.06 bits per heavy atom. The van der Waals surface area contributed by atoms with Gasteiger partial charge in [0.15, 0.2) is 0 Å². The van der Waals surface area contributed by atoms with Gasteiger partial charge in [-0.3, -0.25) is 4.79 Å². The van der Waals surface area contributed by atoms with Crippen LogP contribution in [0.3, 0.4) is 0 Å². The van der Waals surface area contributed by atoms with Crippen LogP contribution in [-0.4, -0.2) is 38.3 Å². The van der Waals surface area contributed by atoms with Crippen LogP contribution >= 0.6 is 0 Å². The first kappa shape index (κ1) is 13.8. The van der Waals surface area contributed by atoms with E-state index >= 15 is 0 Å². The van der Waals surface area contributed by atoms with Crippen LogP contribution in [0, 0.1) is 5.92 Å². The van der Waals surface area contributed by atoms with Crippen molar-refractivity contribution in [2.24, 2.45) is 5.92 Å². The van der Waals surface area contributed by atoms with Gasteiger partial charge in [0.2, 0.25) is 5.91 Å². The number of carbonyl (C=O) groups excluding carboxylic acids is 1. The zero-order chi connectivity index (χ0) is 12.6. The van der Waals surface area contributed by atoms with E-state index in [2.05, 4.69) is 10.6 Å². The van der Waals surface area contributed by atoms with Crippen LogP contribution < -0.4 is 10.6 Å². The van der Waals surface area contributed by atoms with E-state index in [9.17, 15) is 4.79 Å². The van der Waals surface area contributed by atoms with Crippen LogP contribution in [0.4, 0.5) is 0 Å². The Bertz CT molecular complexity index is 246. The van der Waals surface area contributed by atoms with Crippen molar-refractivity contribution in [1.82, 2.24) is 10.6 Å². The van der Waals surface area contributed by atoms with E-state index in [0.29, 0.717) is 6.42 Å². The third-order valence-electron chi connectivity index (χ3n) is 4.02. The number of hydrogen-bond donors (Lipinski definition) is 2. The smallest absolute Gasteiger partial charge is 0.222 e. The molecule has 0 aliphatic carbocycles. The Morgan fingerprint density at radius 1 is 1.22 bits per heavy atom. The van der Waals surface area contributed by atoms with Gasteiger partial charge in [-0.1, -0.05) is 0 Å². The van der Waals surface area contributed by atoms with Crippen molar-refractivity contribution in [3.63, 3.8) is 0 Å². The van der Waals surface area contributed by atoms with Crippen LogP contribution in [0.1, 0.15) is 44.9 Å². The van der Waals surface area contributed by atoms with Gasteiger partial charge in [-0.05, 0) is 57.5 Å². The summed E-state index contributed by atoms with van der Waals surface area (Å²) in [5, 5.41) is 6.40. The van der Waals surface area contributed by atoms with E-state index in [0.717, 1.165) is 51.4 Å². The minimum atomic E-state index is 0.163. The number of nitrogens with one attached hydrogen (secondary N) is 2.